The number of allylic oxidation sites excluding steroid dienone is 3. The van der Waals surface area contributed by atoms with Gasteiger partial charge in [0.2, 0.25) is 0 Å². The van der Waals surface area contributed by atoms with Crippen LogP contribution in [-0.2, 0) is 4.79 Å². The zero-order valence-electron chi connectivity index (χ0n) is 10.3. The van der Waals surface area contributed by atoms with Crippen molar-refractivity contribution in [1.82, 2.24) is 0 Å². The number of carboxylic acid groups (broad SMARTS) is 1. The summed E-state index contributed by atoms with van der Waals surface area (Å²) in [5.74, 6) is -0.777. The van der Waals surface area contributed by atoms with Gasteiger partial charge in [-0.05, 0) is 12.8 Å². The van der Waals surface area contributed by atoms with E-state index >= 15 is 0 Å². The zero-order valence-corrected chi connectivity index (χ0v) is 10.3. The highest BCUT2D eigenvalue weighted by atomic mass is 16.4. The van der Waals surface area contributed by atoms with Crippen LogP contribution in [-0.4, -0.2) is 11.1 Å². The van der Waals surface area contributed by atoms with E-state index in [1.807, 2.05) is 12.2 Å². The fourth-order valence-corrected chi connectivity index (χ4v) is 1.46. The lowest BCUT2D eigenvalue weighted by molar-refractivity contribution is -0.135. The molecule has 0 rings (SSSR count). The Kier molecular flexibility index (Phi) is 11.2. The monoisotopic (exact) mass is 224 g/mol. The van der Waals surface area contributed by atoms with Gasteiger partial charge in [0.1, 0.15) is 0 Å². The minimum atomic E-state index is -0.777. The van der Waals surface area contributed by atoms with E-state index in [0.29, 0.717) is 0 Å². The molecular weight excluding hydrogens is 200 g/mol. The van der Waals surface area contributed by atoms with Gasteiger partial charge in [0, 0.05) is 0 Å². The van der Waals surface area contributed by atoms with Crippen LogP contribution in [0.25, 0.3) is 0 Å². The standard InChI is InChI=1S/C14H24O2/c1-2-3-4-5-6-7-8-9-10-11-12-13-14(15)16/h9-12H,2-8,13H2,1H3,(H,15,16)/b10-9+,12-11+. The Balaban J connectivity index is 3.21. The normalized spacial score (nSPS) is 11.6. The molecule has 0 spiro atoms. The van der Waals surface area contributed by atoms with E-state index in [-0.39, 0.29) is 6.42 Å². The lowest BCUT2D eigenvalue weighted by atomic mass is 10.1. The fourth-order valence-electron chi connectivity index (χ4n) is 1.46. The minimum absolute atomic E-state index is 0.112. The Labute approximate surface area is 99.1 Å². The van der Waals surface area contributed by atoms with Crippen LogP contribution >= 0.6 is 0 Å². The second kappa shape index (κ2) is 12.0. The number of rotatable bonds is 10. The van der Waals surface area contributed by atoms with Crippen LogP contribution in [0.4, 0.5) is 0 Å². The highest BCUT2D eigenvalue weighted by Gasteiger charge is 1.88. The summed E-state index contributed by atoms with van der Waals surface area (Å²) in [5.41, 5.74) is 0. The molecule has 2 heteroatoms. The lowest BCUT2D eigenvalue weighted by Crippen LogP contribution is -1.89. The van der Waals surface area contributed by atoms with E-state index in [9.17, 15) is 4.79 Å². The predicted octanol–water partition coefficient (Wildman–Crippen LogP) is 4.32. The van der Waals surface area contributed by atoms with E-state index in [2.05, 4.69) is 13.0 Å². The molecule has 0 aromatic carbocycles. The summed E-state index contributed by atoms with van der Waals surface area (Å²) >= 11 is 0. The fraction of sp³-hybridized carbons (Fsp3) is 0.643. The minimum Gasteiger partial charge on any atom is -0.481 e. The van der Waals surface area contributed by atoms with E-state index in [1.165, 1.54) is 38.5 Å². The first-order valence-electron chi connectivity index (χ1n) is 6.30. The van der Waals surface area contributed by atoms with Gasteiger partial charge in [0.25, 0.3) is 0 Å². The molecule has 0 heterocycles. The van der Waals surface area contributed by atoms with Crippen molar-refractivity contribution in [1.29, 1.82) is 0 Å². The first-order valence-corrected chi connectivity index (χ1v) is 6.30. The third kappa shape index (κ3) is 12.9. The van der Waals surface area contributed by atoms with E-state index < -0.39 is 5.97 Å². The Bertz CT molecular complexity index is 217. The summed E-state index contributed by atoms with van der Waals surface area (Å²) in [6.45, 7) is 2.23. The number of hydrogen-bond acceptors (Lipinski definition) is 1. The van der Waals surface area contributed by atoms with Crippen molar-refractivity contribution in [3.63, 3.8) is 0 Å². The second-order valence-electron chi connectivity index (χ2n) is 4.01. The van der Waals surface area contributed by atoms with E-state index in [0.717, 1.165) is 6.42 Å². The molecule has 0 aliphatic carbocycles. The molecule has 16 heavy (non-hydrogen) atoms. The summed E-state index contributed by atoms with van der Waals surface area (Å²) in [7, 11) is 0. The summed E-state index contributed by atoms with van der Waals surface area (Å²) in [5, 5.41) is 8.38. The van der Waals surface area contributed by atoms with Crippen LogP contribution in [0, 0.1) is 0 Å². The smallest absolute Gasteiger partial charge is 0.307 e. The number of unbranched alkanes of at least 4 members (excludes halogenated alkanes) is 6. The summed E-state index contributed by atoms with van der Waals surface area (Å²) < 4.78 is 0. The summed E-state index contributed by atoms with van der Waals surface area (Å²) in [6.07, 6.45) is 16.6. The number of carbonyl (C=O) groups is 1. The third-order valence-electron chi connectivity index (χ3n) is 2.40. The van der Waals surface area contributed by atoms with Crippen LogP contribution in [0.5, 0.6) is 0 Å². The molecule has 0 saturated heterocycles. The number of aliphatic carboxylic acids is 1. The van der Waals surface area contributed by atoms with Crippen molar-refractivity contribution >= 4 is 5.97 Å². The maximum atomic E-state index is 10.2. The molecule has 0 saturated carbocycles. The number of hydrogen-bond donors (Lipinski definition) is 1. The van der Waals surface area contributed by atoms with Gasteiger partial charge in [-0.15, -0.1) is 0 Å². The maximum absolute atomic E-state index is 10.2. The first kappa shape index (κ1) is 14.9. The van der Waals surface area contributed by atoms with Crippen molar-refractivity contribution in [3.8, 4) is 0 Å². The molecule has 0 unspecified atom stereocenters. The lowest BCUT2D eigenvalue weighted by Gasteiger charge is -1.97. The quantitative estimate of drug-likeness (QED) is 0.443. The van der Waals surface area contributed by atoms with Gasteiger partial charge in [-0.1, -0.05) is 63.3 Å². The topological polar surface area (TPSA) is 37.3 Å². The van der Waals surface area contributed by atoms with Crippen LogP contribution in [0.2, 0.25) is 0 Å². The molecule has 0 radical (unpaired) electrons. The van der Waals surface area contributed by atoms with Gasteiger partial charge in [0.15, 0.2) is 0 Å². The maximum Gasteiger partial charge on any atom is 0.307 e. The molecule has 0 fully saturated rings. The summed E-state index contributed by atoms with van der Waals surface area (Å²) in [4.78, 5) is 10.2. The largest absolute Gasteiger partial charge is 0.481 e. The molecule has 1 N–H and O–H groups in total. The van der Waals surface area contributed by atoms with Gasteiger partial charge in [-0.3, -0.25) is 4.79 Å². The Hall–Kier alpha value is -1.05. The highest BCUT2D eigenvalue weighted by molar-refractivity contribution is 5.68. The molecule has 0 aromatic rings. The van der Waals surface area contributed by atoms with Crippen LogP contribution in [0.15, 0.2) is 24.3 Å². The SMILES string of the molecule is CCCCCCCC/C=C/C=C/CC(=O)O. The molecule has 0 atom stereocenters. The Morgan fingerprint density at radius 3 is 2.31 bits per heavy atom. The van der Waals surface area contributed by atoms with Gasteiger partial charge in [-0.25, -0.2) is 0 Å². The molecule has 0 aromatic heterocycles. The van der Waals surface area contributed by atoms with Gasteiger partial charge >= 0.3 is 5.97 Å². The molecule has 0 aliphatic rings. The molecular formula is C14H24O2. The Morgan fingerprint density at radius 1 is 1.00 bits per heavy atom. The van der Waals surface area contributed by atoms with Crippen LogP contribution in [0.3, 0.4) is 0 Å². The van der Waals surface area contributed by atoms with E-state index in [1.54, 1.807) is 6.08 Å². The highest BCUT2D eigenvalue weighted by Crippen LogP contribution is 2.07. The van der Waals surface area contributed by atoms with Gasteiger partial charge in [0.05, 0.1) is 6.42 Å². The molecule has 0 bridgehead atoms. The summed E-state index contributed by atoms with van der Waals surface area (Å²) in [6, 6.07) is 0. The van der Waals surface area contributed by atoms with Crippen molar-refractivity contribution in [2.75, 3.05) is 0 Å². The average molecular weight is 224 g/mol. The number of carboxylic acids is 1. The molecule has 2 nitrogen and oxygen atoms in total. The van der Waals surface area contributed by atoms with Crippen LogP contribution in [0.1, 0.15) is 58.3 Å². The van der Waals surface area contributed by atoms with Crippen LogP contribution < -0.4 is 0 Å². The molecule has 92 valence electrons. The third-order valence-corrected chi connectivity index (χ3v) is 2.40. The average Bonchev–Trinajstić information content (AvgIpc) is 2.25. The molecule has 0 amide bonds. The van der Waals surface area contributed by atoms with Crippen molar-refractivity contribution in [2.45, 2.75) is 58.3 Å². The van der Waals surface area contributed by atoms with Crippen molar-refractivity contribution in [2.24, 2.45) is 0 Å². The van der Waals surface area contributed by atoms with Gasteiger partial charge in [-0.2, -0.15) is 0 Å². The first-order chi connectivity index (χ1) is 7.77. The van der Waals surface area contributed by atoms with Crippen molar-refractivity contribution in [3.05, 3.63) is 24.3 Å². The van der Waals surface area contributed by atoms with E-state index in [4.69, 9.17) is 5.11 Å². The predicted molar refractivity (Wildman–Crippen MR) is 68.5 cm³/mol. The molecule has 0 aliphatic heterocycles. The van der Waals surface area contributed by atoms with Gasteiger partial charge < -0.3 is 5.11 Å². The second-order valence-corrected chi connectivity index (χ2v) is 4.01. The van der Waals surface area contributed by atoms with Crippen molar-refractivity contribution < 1.29 is 9.90 Å². The zero-order chi connectivity index (χ0) is 12.1. The Morgan fingerprint density at radius 2 is 1.62 bits per heavy atom.